The molecule has 0 aromatic heterocycles. The van der Waals surface area contributed by atoms with Gasteiger partial charge in [0.15, 0.2) is 19.9 Å². The number of phenols is 5. The third-order valence-corrected chi connectivity index (χ3v) is 21.4. The van der Waals surface area contributed by atoms with Gasteiger partial charge in [0.2, 0.25) is 0 Å². The van der Waals surface area contributed by atoms with Crippen LogP contribution in [0, 0.1) is 35.5 Å². The second-order valence-electron chi connectivity index (χ2n) is 31.9. The molecule has 0 amide bonds. The number of aldehydes is 1. The molecule has 143 heavy (non-hydrogen) atoms. The number of ether oxygens (including phenoxy) is 13. The van der Waals surface area contributed by atoms with Gasteiger partial charge in [-0.3, -0.25) is 33.6 Å². The Kier molecular flexibility index (Phi) is 82.4. The molecule has 0 saturated heterocycles. The van der Waals surface area contributed by atoms with Crippen molar-refractivity contribution in [2.75, 3.05) is 91.4 Å². The van der Waals surface area contributed by atoms with E-state index in [0.717, 1.165) is 158 Å². The lowest BCUT2D eigenvalue weighted by atomic mass is 9.82. The Balaban J connectivity index is 0. The van der Waals surface area contributed by atoms with Crippen LogP contribution in [0.2, 0.25) is 0 Å². The van der Waals surface area contributed by atoms with Gasteiger partial charge in [0.05, 0.1) is 87.3 Å². The molecule has 0 bridgehead atoms. The van der Waals surface area contributed by atoms with Crippen LogP contribution in [0.5, 0.6) is 57.5 Å². The van der Waals surface area contributed by atoms with Crippen molar-refractivity contribution < 1.29 is 165 Å². The van der Waals surface area contributed by atoms with Crippen LogP contribution in [0.15, 0.2) is 179 Å². The Morgan fingerprint density at radius 2 is 0.566 bits per heavy atom. The molecule has 3 fully saturated rings. The first-order valence-electron chi connectivity index (χ1n) is 47.9. The number of benzene rings is 5. The molecule has 0 aliphatic heterocycles. The predicted molar refractivity (Wildman–Crippen MR) is 541 cm³/mol. The van der Waals surface area contributed by atoms with E-state index in [1.807, 2.05) is 13.8 Å². The molecule has 0 atom stereocenters. The standard InChI is InChI=1S/C26H36O8.C23H30O7.C15H20O4.C11H18O5.C9H15ClO2.C7H6O3.C6H13ClO.C6H6O2.C3H4O2.ClH/c1-3-24(27)32-18-8-6-5-7-17-31-22-13-15-23(16-14-22)34-26(29)21-11-9-20(10-12-21)25(28)33-19-30-4-2;1-2-21(24)29-16-6-4-3-5-15-28-19-11-13-20(14-12-19)30-23(27)18-9-7-17(8-10-18)22(25)26;1-2-15(17)19-12-6-4-3-5-11-18-14-9-7-13(16)8-10-14;1-2-15-7-16-11(14)9-5-3-8(4-6-9)10(12)13;1-2-9(11)12-8-6-4-3-5-7-10;8-4-5-3-6(9)1-2-7(5)10;7-5-3-1-2-4-6-8;7-5-1-2-6(8)4-3-5;1-2-3(4)5;/h3,13-16,20-21H,1,4-12,17-19H2,2H3;2,11-14,17-18H,1,3-10,15-16H2,(H,25,26);2,7-10,16H,1,3-6,11-12H2;8-9H,2-7H2,1H3,(H,12,13);2H,1,3-8H2;1-4,9-10H;8H,1-6H2;1-4,7-8H;2H,1H2,(H,4,5);1H. The fourth-order valence-electron chi connectivity index (χ4n) is 12.8. The maximum absolute atomic E-state index is 12.5. The van der Waals surface area contributed by atoms with Crippen LogP contribution in [0.25, 0.3) is 0 Å². The summed E-state index contributed by atoms with van der Waals surface area (Å²) in [6.07, 6.45) is 32.4. The van der Waals surface area contributed by atoms with Crippen LogP contribution in [-0.4, -0.2) is 209 Å². The summed E-state index contributed by atoms with van der Waals surface area (Å²) >= 11 is 10.9. The number of carboxylic acid groups (broad SMARTS) is 3. The molecular weight excluding hydrogens is 1920 g/mol. The minimum Gasteiger partial charge on any atom is -0.508 e. The number of hydrogen-bond donors (Lipinski definition) is 9. The zero-order valence-corrected chi connectivity index (χ0v) is 84.7. The van der Waals surface area contributed by atoms with E-state index in [-0.39, 0.29) is 138 Å². The summed E-state index contributed by atoms with van der Waals surface area (Å²) in [4.78, 5) is 132. The van der Waals surface area contributed by atoms with E-state index in [1.54, 1.807) is 72.8 Å². The molecule has 5 aromatic carbocycles. The van der Waals surface area contributed by atoms with Gasteiger partial charge in [0, 0.05) is 62.0 Å². The molecule has 0 heterocycles. The van der Waals surface area contributed by atoms with E-state index in [4.69, 9.17) is 131 Å². The maximum atomic E-state index is 12.5. The predicted octanol–water partition coefficient (Wildman–Crippen LogP) is 20.2. The van der Waals surface area contributed by atoms with Crippen molar-refractivity contribution in [3.05, 3.63) is 184 Å². The Hall–Kier alpha value is -12.2. The zero-order valence-electron chi connectivity index (χ0n) is 82.4. The van der Waals surface area contributed by atoms with E-state index in [0.29, 0.717) is 178 Å². The van der Waals surface area contributed by atoms with Crippen LogP contribution >= 0.6 is 35.6 Å². The molecule has 3 aliphatic carbocycles. The smallest absolute Gasteiger partial charge is 0.330 e. The molecule has 9 N–H and O–H groups in total. The minimum absolute atomic E-state index is 0. The first-order chi connectivity index (χ1) is 68.4. The summed E-state index contributed by atoms with van der Waals surface area (Å²) < 4.78 is 67.3. The number of alkyl halides is 2. The quantitative estimate of drug-likeness (QED) is 0.00201. The summed E-state index contributed by atoms with van der Waals surface area (Å²) in [6, 6.07) is 30.1. The number of rotatable bonds is 55. The van der Waals surface area contributed by atoms with Crippen molar-refractivity contribution in [2.24, 2.45) is 35.5 Å². The lowest BCUT2D eigenvalue weighted by Gasteiger charge is -2.25. The highest BCUT2D eigenvalue weighted by Gasteiger charge is 2.34. The van der Waals surface area contributed by atoms with Gasteiger partial charge in [-0.25, -0.2) is 24.0 Å². The lowest BCUT2D eigenvalue weighted by Crippen LogP contribution is -2.29. The van der Waals surface area contributed by atoms with Crippen LogP contribution in [0.3, 0.4) is 0 Å². The first-order valence-corrected chi connectivity index (χ1v) is 48.9. The molecule has 3 saturated carbocycles. The Bertz CT molecular complexity index is 4290. The molecule has 8 rings (SSSR count). The van der Waals surface area contributed by atoms with Crippen LogP contribution in [-0.2, 0) is 90.6 Å². The highest BCUT2D eigenvalue weighted by Crippen LogP contribution is 2.34. The van der Waals surface area contributed by atoms with Gasteiger partial charge in [0.1, 0.15) is 57.5 Å². The van der Waals surface area contributed by atoms with E-state index in [1.165, 1.54) is 54.6 Å². The summed E-state index contributed by atoms with van der Waals surface area (Å²) in [7, 11) is 0. The molecule has 798 valence electrons. The maximum Gasteiger partial charge on any atom is 0.330 e. The fourth-order valence-corrected chi connectivity index (χ4v) is 13.2. The van der Waals surface area contributed by atoms with Crippen LogP contribution in [0.1, 0.15) is 230 Å². The van der Waals surface area contributed by atoms with E-state index >= 15 is 0 Å². The Morgan fingerprint density at radius 3 is 0.818 bits per heavy atom. The average Bonchev–Trinajstić information content (AvgIpc) is 0.861. The number of aromatic hydroxyl groups is 5. The largest absolute Gasteiger partial charge is 0.508 e. The number of halogens is 3. The molecular formula is C106H149Cl3O34. The molecule has 3 aliphatic rings. The molecule has 37 heteroatoms. The van der Waals surface area contributed by atoms with Gasteiger partial charge in [-0.1, -0.05) is 58.6 Å². The number of carbonyl (C=O) groups excluding carboxylic acids is 9. The normalized spacial score (nSPS) is 14.8. The van der Waals surface area contributed by atoms with Gasteiger partial charge >= 0.3 is 65.7 Å². The monoisotopic (exact) mass is 2070 g/mol. The highest BCUT2D eigenvalue weighted by molar-refractivity contribution is 6.18. The third-order valence-electron chi connectivity index (χ3n) is 20.9. The number of aliphatic carboxylic acids is 3. The Labute approximate surface area is 855 Å². The van der Waals surface area contributed by atoms with Gasteiger partial charge in [-0.05, 0) is 309 Å². The molecule has 0 unspecified atom stereocenters. The summed E-state index contributed by atoms with van der Waals surface area (Å²) in [5.74, 6) is -1.53. The summed E-state index contributed by atoms with van der Waals surface area (Å²) in [5, 5.41) is 77.9. The Morgan fingerprint density at radius 1 is 0.322 bits per heavy atom. The fraction of sp³-hybridized carbons (Fsp3) is 0.509. The van der Waals surface area contributed by atoms with Crippen LogP contribution < -0.4 is 23.7 Å². The number of phenolic OH excluding ortho intramolecular Hbond substituents is 5. The molecule has 0 radical (unpaired) electrons. The van der Waals surface area contributed by atoms with E-state index < -0.39 is 23.9 Å². The third kappa shape index (κ3) is 72.7. The van der Waals surface area contributed by atoms with Crippen molar-refractivity contribution in [1.82, 2.24) is 0 Å². The van der Waals surface area contributed by atoms with Crippen molar-refractivity contribution >= 4 is 108 Å². The molecule has 5 aromatic rings. The van der Waals surface area contributed by atoms with Gasteiger partial charge in [0.25, 0.3) is 0 Å². The average molecular weight is 2070 g/mol. The number of carboxylic acids is 3. The zero-order chi connectivity index (χ0) is 106. The number of aliphatic hydroxyl groups excluding tert-OH is 1. The molecule has 34 nitrogen and oxygen atoms in total. The summed E-state index contributed by atoms with van der Waals surface area (Å²) in [5.41, 5.74) is 0.0972. The lowest BCUT2D eigenvalue weighted by molar-refractivity contribution is -0.163. The van der Waals surface area contributed by atoms with Crippen molar-refractivity contribution in [1.29, 1.82) is 0 Å². The van der Waals surface area contributed by atoms with Crippen molar-refractivity contribution in [3.63, 3.8) is 0 Å². The molecule has 0 spiro atoms. The summed E-state index contributed by atoms with van der Waals surface area (Å²) in [6.45, 7) is 24.8. The first kappa shape index (κ1) is 133. The second kappa shape index (κ2) is 88.7. The number of unbranched alkanes of at least 4 members (excludes halogenated alkanes) is 15. The number of carbonyl (C=O) groups is 12. The van der Waals surface area contributed by atoms with Crippen molar-refractivity contribution in [2.45, 2.75) is 219 Å². The van der Waals surface area contributed by atoms with Gasteiger partial charge in [-0.2, -0.15) is 0 Å². The second-order valence-corrected chi connectivity index (χ2v) is 32.6. The minimum atomic E-state index is -0.981. The SMILES string of the molecule is C=CC(=O)O.C=CC(=O)OCCCCCCCl.C=CC(=O)OCCCCCCOc1ccc(O)cc1.C=CC(=O)OCCCCCCOc1ccc(OC(=O)C2CCC(C(=O)O)CC2)cc1.C=CC(=O)OCCCCCCOc1ccc(OC(=O)C2CCC(C(=O)OCOCC)CC2)cc1.CCOCOC(=O)C1CCC(C(=O)O)CC1.Cl.O=Cc1cc(O)ccc1O.OCCCCCCCl.Oc1ccc(O)cc1. The van der Waals surface area contributed by atoms with E-state index in [9.17, 15) is 57.5 Å². The van der Waals surface area contributed by atoms with Crippen LogP contribution in [0.4, 0.5) is 0 Å². The van der Waals surface area contributed by atoms with E-state index in [2.05, 4.69) is 32.9 Å². The topological polar surface area (TPSA) is 507 Å². The number of hydrogen-bond acceptors (Lipinski definition) is 31. The number of aliphatic hydroxyl groups is 1. The highest BCUT2D eigenvalue weighted by atomic mass is 35.5. The van der Waals surface area contributed by atoms with Gasteiger partial charge < -0.3 is 108 Å². The van der Waals surface area contributed by atoms with Gasteiger partial charge in [-0.15, -0.1) is 35.6 Å². The number of esters is 8. The van der Waals surface area contributed by atoms with Crippen molar-refractivity contribution in [3.8, 4) is 57.5 Å².